The fraction of sp³-hybridized carbons (Fsp3) is 0.429. The fourth-order valence-electron chi connectivity index (χ4n) is 1.75. The Hall–Kier alpha value is -1.88. The van der Waals surface area contributed by atoms with E-state index in [1.807, 2.05) is 49.7 Å². The molecule has 1 atom stereocenters. The van der Waals surface area contributed by atoms with E-state index in [9.17, 15) is 5.11 Å². The third-order valence-electron chi connectivity index (χ3n) is 3.20. The number of benzene rings is 1. The molecule has 1 N–H and O–H groups in total. The maximum atomic E-state index is 9.70. The quantitative estimate of drug-likeness (QED) is 0.896. The Labute approximate surface area is 112 Å². The lowest BCUT2D eigenvalue weighted by atomic mass is 10.1. The molecule has 1 aromatic carbocycles. The normalized spacial score (nSPS) is 12.4. The number of aryl methyl sites for hydroxylation is 1. The minimum Gasteiger partial charge on any atom is -0.486 e. The Morgan fingerprint density at radius 3 is 2.47 bits per heavy atom. The summed E-state index contributed by atoms with van der Waals surface area (Å²) in [4.78, 5) is 0. The molecule has 1 heterocycles. The number of rotatable bonds is 5. The monoisotopic (exact) mass is 261 g/mol. The fourth-order valence-corrected chi connectivity index (χ4v) is 1.75. The van der Waals surface area contributed by atoms with Crippen molar-refractivity contribution in [1.82, 2.24) is 14.8 Å². The number of hydrogen-bond donors (Lipinski definition) is 1. The van der Waals surface area contributed by atoms with Gasteiger partial charge in [-0.05, 0) is 31.0 Å². The highest BCUT2D eigenvalue weighted by atomic mass is 16.5. The number of aromatic nitrogens is 3. The summed E-state index contributed by atoms with van der Waals surface area (Å²) in [5.74, 6) is 2.41. The molecule has 102 valence electrons. The zero-order valence-corrected chi connectivity index (χ0v) is 11.5. The van der Waals surface area contributed by atoms with Gasteiger partial charge in [0.2, 0.25) is 0 Å². The van der Waals surface area contributed by atoms with Crippen LogP contribution in [0.15, 0.2) is 24.3 Å². The zero-order valence-electron chi connectivity index (χ0n) is 11.5. The highest BCUT2D eigenvalue weighted by molar-refractivity contribution is 5.28. The summed E-state index contributed by atoms with van der Waals surface area (Å²) in [7, 11) is 1.91. The van der Waals surface area contributed by atoms with Crippen LogP contribution in [-0.4, -0.2) is 19.9 Å². The zero-order chi connectivity index (χ0) is 13.8. The molecule has 0 saturated heterocycles. The molecule has 0 aliphatic heterocycles. The minimum absolute atomic E-state index is 0.382. The van der Waals surface area contributed by atoms with Crippen molar-refractivity contribution >= 4 is 0 Å². The van der Waals surface area contributed by atoms with E-state index < -0.39 is 6.10 Å². The third-order valence-corrected chi connectivity index (χ3v) is 3.20. The lowest BCUT2D eigenvalue weighted by Gasteiger charge is -2.10. The molecule has 0 fully saturated rings. The topological polar surface area (TPSA) is 60.2 Å². The molecule has 0 radical (unpaired) electrons. The summed E-state index contributed by atoms with van der Waals surface area (Å²) in [6, 6.07) is 7.48. The molecular formula is C14H19N3O2. The molecular weight excluding hydrogens is 242 g/mol. The Morgan fingerprint density at radius 1 is 1.26 bits per heavy atom. The second-order valence-electron chi connectivity index (χ2n) is 4.50. The van der Waals surface area contributed by atoms with Crippen LogP contribution in [0.25, 0.3) is 0 Å². The molecule has 1 aromatic heterocycles. The van der Waals surface area contributed by atoms with Crippen molar-refractivity contribution in [3.63, 3.8) is 0 Å². The average molecular weight is 261 g/mol. The number of aliphatic hydroxyl groups excluding tert-OH is 1. The number of aliphatic hydroxyl groups is 1. The van der Waals surface area contributed by atoms with Crippen molar-refractivity contribution in [2.75, 3.05) is 0 Å². The van der Waals surface area contributed by atoms with E-state index in [4.69, 9.17) is 4.74 Å². The molecule has 5 heteroatoms. The van der Waals surface area contributed by atoms with E-state index in [0.717, 1.165) is 23.0 Å². The smallest absolute Gasteiger partial charge is 0.170 e. The van der Waals surface area contributed by atoms with Crippen molar-refractivity contribution in [2.24, 2.45) is 7.05 Å². The Kier molecular flexibility index (Phi) is 4.16. The van der Waals surface area contributed by atoms with Gasteiger partial charge in [0.05, 0.1) is 6.10 Å². The van der Waals surface area contributed by atoms with Crippen molar-refractivity contribution in [1.29, 1.82) is 0 Å². The maximum absolute atomic E-state index is 9.70. The van der Waals surface area contributed by atoms with Crippen LogP contribution in [-0.2, 0) is 13.7 Å². The largest absolute Gasteiger partial charge is 0.486 e. The average Bonchev–Trinajstić information content (AvgIpc) is 2.76. The van der Waals surface area contributed by atoms with E-state index in [0.29, 0.717) is 13.0 Å². The molecule has 0 saturated carbocycles. The maximum Gasteiger partial charge on any atom is 0.170 e. The standard InChI is InChI=1S/C14H19N3O2/c1-4-13(18)11-5-7-12(8-6-11)19-9-14-16-15-10(2)17(14)3/h5-8,13,18H,4,9H2,1-3H3/t13-/m1/s1. The van der Waals surface area contributed by atoms with Gasteiger partial charge < -0.3 is 14.4 Å². The van der Waals surface area contributed by atoms with Crippen LogP contribution >= 0.6 is 0 Å². The molecule has 0 bridgehead atoms. The highest BCUT2D eigenvalue weighted by Crippen LogP contribution is 2.20. The first-order chi connectivity index (χ1) is 9.11. The predicted molar refractivity (Wildman–Crippen MR) is 71.8 cm³/mol. The summed E-state index contributed by atoms with van der Waals surface area (Å²) in [5, 5.41) is 17.7. The molecule has 5 nitrogen and oxygen atoms in total. The predicted octanol–water partition coefficient (Wildman–Crippen LogP) is 2.15. The highest BCUT2D eigenvalue weighted by Gasteiger charge is 2.07. The summed E-state index contributed by atoms with van der Waals surface area (Å²) < 4.78 is 7.55. The van der Waals surface area contributed by atoms with Crippen molar-refractivity contribution in [3.8, 4) is 5.75 Å². The first-order valence-electron chi connectivity index (χ1n) is 6.37. The Morgan fingerprint density at radius 2 is 1.95 bits per heavy atom. The van der Waals surface area contributed by atoms with Gasteiger partial charge >= 0.3 is 0 Å². The van der Waals surface area contributed by atoms with Gasteiger partial charge in [-0.15, -0.1) is 10.2 Å². The van der Waals surface area contributed by atoms with Gasteiger partial charge in [-0.2, -0.15) is 0 Å². The van der Waals surface area contributed by atoms with Crippen molar-refractivity contribution in [2.45, 2.75) is 33.0 Å². The molecule has 19 heavy (non-hydrogen) atoms. The van der Waals surface area contributed by atoms with E-state index in [1.54, 1.807) is 0 Å². The van der Waals surface area contributed by atoms with Crippen LogP contribution in [0.3, 0.4) is 0 Å². The van der Waals surface area contributed by atoms with Gasteiger partial charge in [0.15, 0.2) is 5.82 Å². The minimum atomic E-state index is -0.407. The summed E-state index contributed by atoms with van der Waals surface area (Å²) in [6.07, 6.45) is 0.300. The SMILES string of the molecule is CC[C@@H](O)c1ccc(OCc2nnc(C)n2C)cc1. The van der Waals surface area contributed by atoms with Crippen LogP contribution in [0, 0.1) is 6.92 Å². The van der Waals surface area contributed by atoms with Gasteiger partial charge in [0.25, 0.3) is 0 Å². The van der Waals surface area contributed by atoms with Crippen LogP contribution in [0.2, 0.25) is 0 Å². The van der Waals surface area contributed by atoms with Crippen molar-refractivity contribution in [3.05, 3.63) is 41.5 Å². The molecule has 0 aliphatic rings. The van der Waals surface area contributed by atoms with Crippen LogP contribution in [0.4, 0.5) is 0 Å². The molecule has 2 rings (SSSR count). The van der Waals surface area contributed by atoms with E-state index in [2.05, 4.69) is 10.2 Å². The van der Waals surface area contributed by atoms with Gasteiger partial charge in [-0.1, -0.05) is 19.1 Å². The summed E-state index contributed by atoms with van der Waals surface area (Å²) in [5.41, 5.74) is 0.907. The first-order valence-corrected chi connectivity index (χ1v) is 6.37. The van der Waals surface area contributed by atoms with Crippen LogP contribution in [0.5, 0.6) is 5.75 Å². The van der Waals surface area contributed by atoms with Gasteiger partial charge in [-0.25, -0.2) is 0 Å². The Balaban J connectivity index is 1.98. The van der Waals surface area contributed by atoms with Gasteiger partial charge in [0, 0.05) is 7.05 Å². The number of hydrogen-bond acceptors (Lipinski definition) is 4. The lowest BCUT2D eigenvalue weighted by Crippen LogP contribution is -2.04. The summed E-state index contributed by atoms with van der Waals surface area (Å²) >= 11 is 0. The van der Waals surface area contributed by atoms with Gasteiger partial charge in [-0.3, -0.25) is 0 Å². The van der Waals surface area contributed by atoms with Crippen LogP contribution < -0.4 is 4.74 Å². The van der Waals surface area contributed by atoms with Crippen molar-refractivity contribution < 1.29 is 9.84 Å². The molecule has 0 unspecified atom stereocenters. The molecule has 2 aromatic rings. The molecule has 0 spiro atoms. The second-order valence-corrected chi connectivity index (χ2v) is 4.50. The lowest BCUT2D eigenvalue weighted by molar-refractivity contribution is 0.173. The first kappa shape index (κ1) is 13.5. The molecule has 0 amide bonds. The van der Waals surface area contributed by atoms with E-state index >= 15 is 0 Å². The van der Waals surface area contributed by atoms with E-state index in [1.165, 1.54) is 0 Å². The molecule has 0 aliphatic carbocycles. The Bertz CT molecular complexity index is 534. The van der Waals surface area contributed by atoms with Gasteiger partial charge in [0.1, 0.15) is 18.2 Å². The second kappa shape index (κ2) is 5.84. The number of ether oxygens (including phenoxy) is 1. The van der Waals surface area contributed by atoms with E-state index in [-0.39, 0.29) is 0 Å². The summed E-state index contributed by atoms with van der Waals surface area (Å²) in [6.45, 7) is 4.23. The number of nitrogens with zero attached hydrogens (tertiary/aromatic N) is 3. The van der Waals surface area contributed by atoms with Crippen LogP contribution in [0.1, 0.15) is 36.7 Å². The third kappa shape index (κ3) is 3.12.